The van der Waals surface area contributed by atoms with Crippen molar-refractivity contribution in [2.24, 2.45) is 0 Å². The maximum atomic E-state index is 14.1. The van der Waals surface area contributed by atoms with Gasteiger partial charge >= 0.3 is 6.09 Å². The molecule has 192 valence electrons. The van der Waals surface area contributed by atoms with Crippen molar-refractivity contribution in [2.45, 2.75) is 51.2 Å². The summed E-state index contributed by atoms with van der Waals surface area (Å²) in [6.07, 6.45) is -0.00734. The third kappa shape index (κ3) is 4.23. The van der Waals surface area contributed by atoms with Crippen LogP contribution in [0, 0.1) is 0 Å². The molecular weight excluding hydrogens is 464 g/mol. The van der Waals surface area contributed by atoms with E-state index in [0.29, 0.717) is 34.9 Å². The van der Waals surface area contributed by atoms with Gasteiger partial charge in [-0.1, -0.05) is 0 Å². The highest BCUT2D eigenvalue weighted by Crippen LogP contribution is 2.50. The molecule has 1 saturated heterocycles. The Morgan fingerprint density at radius 1 is 0.944 bits per heavy atom. The number of imide groups is 1. The van der Waals surface area contributed by atoms with Gasteiger partial charge in [0.05, 0.1) is 27.9 Å². The number of nitrogens with zero attached hydrogens (tertiary/aromatic N) is 2. The number of carbonyl (C=O) groups excluding carboxylic acids is 3. The fourth-order valence-corrected chi connectivity index (χ4v) is 4.86. The highest BCUT2D eigenvalue weighted by Gasteiger charge is 2.60. The van der Waals surface area contributed by atoms with Crippen LogP contribution in [0.3, 0.4) is 0 Å². The number of rotatable bonds is 5. The van der Waals surface area contributed by atoms with Crippen molar-refractivity contribution in [1.29, 1.82) is 0 Å². The maximum Gasteiger partial charge on any atom is 0.417 e. The number of fused-ring (bicyclic) bond motifs is 2. The van der Waals surface area contributed by atoms with E-state index in [0.717, 1.165) is 10.5 Å². The third-order valence-electron chi connectivity index (χ3n) is 6.54. The lowest BCUT2D eigenvalue weighted by atomic mass is 9.74. The normalized spacial score (nSPS) is 19.4. The molecule has 0 radical (unpaired) electrons. The highest BCUT2D eigenvalue weighted by molar-refractivity contribution is 6.23. The van der Waals surface area contributed by atoms with E-state index in [1.54, 1.807) is 70.2 Å². The molecule has 0 saturated carbocycles. The molecular formula is C27H32N2O7. The molecule has 2 aliphatic rings. The maximum absolute atomic E-state index is 14.1. The zero-order valence-electron chi connectivity index (χ0n) is 21.5. The summed E-state index contributed by atoms with van der Waals surface area (Å²) in [6.45, 7) is 5.57. The van der Waals surface area contributed by atoms with Crippen LogP contribution in [0.25, 0.3) is 0 Å². The SMILES string of the molecule is COc1ccc(CN2C(=O)C3(CCCN(C(=O)OC(C)(C)C)C3=O)c3cc(OC)ccc32)c(OC)c1. The number of likely N-dealkylation sites (tertiary alicyclic amines) is 1. The van der Waals surface area contributed by atoms with Crippen LogP contribution < -0.4 is 19.1 Å². The number of ether oxygens (including phenoxy) is 4. The molecule has 9 heteroatoms. The molecule has 0 N–H and O–H groups in total. The largest absolute Gasteiger partial charge is 0.497 e. The van der Waals surface area contributed by atoms with E-state index >= 15 is 0 Å². The van der Waals surface area contributed by atoms with Gasteiger partial charge in [-0.15, -0.1) is 0 Å². The molecule has 2 heterocycles. The molecule has 1 spiro atoms. The lowest BCUT2D eigenvalue weighted by molar-refractivity contribution is -0.145. The Labute approximate surface area is 210 Å². The van der Waals surface area contributed by atoms with Crippen LogP contribution in [-0.4, -0.2) is 56.3 Å². The molecule has 1 atom stereocenters. The number of hydrogen-bond donors (Lipinski definition) is 0. The lowest BCUT2D eigenvalue weighted by Crippen LogP contribution is -2.58. The van der Waals surface area contributed by atoms with Gasteiger partial charge in [0.25, 0.3) is 5.91 Å². The summed E-state index contributed by atoms with van der Waals surface area (Å²) in [7, 11) is 4.64. The number of amides is 3. The molecule has 36 heavy (non-hydrogen) atoms. The van der Waals surface area contributed by atoms with Crippen molar-refractivity contribution in [3.63, 3.8) is 0 Å². The first kappa shape index (κ1) is 25.3. The first-order chi connectivity index (χ1) is 17.1. The minimum atomic E-state index is -1.54. The molecule has 2 aromatic rings. The Hall–Kier alpha value is -3.75. The summed E-state index contributed by atoms with van der Waals surface area (Å²) in [5.41, 5.74) is -0.452. The number of methoxy groups -OCH3 is 3. The van der Waals surface area contributed by atoms with Crippen molar-refractivity contribution in [2.75, 3.05) is 32.8 Å². The molecule has 2 aliphatic heterocycles. The van der Waals surface area contributed by atoms with Crippen molar-refractivity contribution in [3.8, 4) is 17.2 Å². The fourth-order valence-electron chi connectivity index (χ4n) is 4.86. The number of carbonyl (C=O) groups is 3. The van der Waals surface area contributed by atoms with Crippen LogP contribution in [0.5, 0.6) is 17.2 Å². The Bertz CT molecular complexity index is 1200. The van der Waals surface area contributed by atoms with E-state index in [1.807, 2.05) is 6.07 Å². The van der Waals surface area contributed by atoms with Gasteiger partial charge in [0, 0.05) is 29.4 Å². The van der Waals surface area contributed by atoms with Crippen molar-refractivity contribution in [1.82, 2.24) is 4.90 Å². The van der Waals surface area contributed by atoms with Gasteiger partial charge in [0.15, 0.2) is 5.41 Å². The Morgan fingerprint density at radius 2 is 1.61 bits per heavy atom. The topological polar surface area (TPSA) is 94.6 Å². The monoisotopic (exact) mass is 496 g/mol. The zero-order chi connectivity index (χ0) is 26.3. The number of anilines is 1. The number of benzene rings is 2. The lowest BCUT2D eigenvalue weighted by Gasteiger charge is -2.38. The quantitative estimate of drug-likeness (QED) is 0.576. The van der Waals surface area contributed by atoms with Crippen LogP contribution in [-0.2, 0) is 26.3 Å². The molecule has 1 fully saturated rings. The summed E-state index contributed by atoms with van der Waals surface area (Å²) in [4.78, 5) is 43.7. The van der Waals surface area contributed by atoms with E-state index in [9.17, 15) is 14.4 Å². The summed E-state index contributed by atoms with van der Waals surface area (Å²) in [5, 5.41) is 0. The average Bonchev–Trinajstić information content (AvgIpc) is 3.07. The molecule has 4 rings (SSSR count). The van der Waals surface area contributed by atoms with Gasteiger partial charge in [-0.05, 0) is 63.9 Å². The molecule has 0 aromatic heterocycles. The van der Waals surface area contributed by atoms with Crippen molar-refractivity contribution >= 4 is 23.6 Å². The summed E-state index contributed by atoms with van der Waals surface area (Å²) in [6, 6.07) is 10.6. The molecule has 0 aliphatic carbocycles. The van der Waals surface area contributed by atoms with Crippen molar-refractivity contribution in [3.05, 3.63) is 47.5 Å². The standard InChI is InChI=1S/C27H32N2O7/c1-26(2,3)36-25(32)28-13-7-12-27(23(28)30)20-14-18(33-4)10-11-21(20)29(24(27)31)16-17-8-9-19(34-5)15-22(17)35-6/h8-11,14-15H,7,12-13,16H2,1-6H3. The van der Waals surface area contributed by atoms with Crippen LogP contribution in [0.15, 0.2) is 36.4 Å². The molecule has 0 bridgehead atoms. The van der Waals surface area contributed by atoms with Gasteiger partial charge in [-0.2, -0.15) is 0 Å². The summed E-state index contributed by atoms with van der Waals surface area (Å²) < 4.78 is 21.7. The highest BCUT2D eigenvalue weighted by atomic mass is 16.6. The van der Waals surface area contributed by atoms with Gasteiger partial charge in [-0.3, -0.25) is 9.59 Å². The predicted octanol–water partition coefficient (Wildman–Crippen LogP) is 4.05. The first-order valence-electron chi connectivity index (χ1n) is 11.8. The molecule has 9 nitrogen and oxygen atoms in total. The van der Waals surface area contributed by atoms with E-state index in [4.69, 9.17) is 18.9 Å². The molecule has 3 amide bonds. The second-order valence-corrected chi connectivity index (χ2v) is 9.90. The Morgan fingerprint density at radius 3 is 2.25 bits per heavy atom. The summed E-state index contributed by atoms with van der Waals surface area (Å²) in [5.74, 6) is 0.740. The molecule has 2 aromatic carbocycles. The molecule has 1 unspecified atom stereocenters. The second kappa shape index (κ2) is 9.37. The minimum Gasteiger partial charge on any atom is -0.497 e. The second-order valence-electron chi connectivity index (χ2n) is 9.90. The van der Waals surface area contributed by atoms with Gasteiger partial charge in [0.1, 0.15) is 22.8 Å². The van der Waals surface area contributed by atoms with Gasteiger partial charge < -0.3 is 23.8 Å². The average molecular weight is 497 g/mol. The fraction of sp³-hybridized carbons (Fsp3) is 0.444. The van der Waals surface area contributed by atoms with Crippen LogP contribution in [0.1, 0.15) is 44.7 Å². The predicted molar refractivity (Wildman–Crippen MR) is 133 cm³/mol. The Kier molecular flexibility index (Phi) is 6.60. The van der Waals surface area contributed by atoms with Crippen LogP contribution in [0.2, 0.25) is 0 Å². The Balaban J connectivity index is 1.78. The summed E-state index contributed by atoms with van der Waals surface area (Å²) >= 11 is 0. The van der Waals surface area contributed by atoms with E-state index in [2.05, 4.69) is 0 Å². The van der Waals surface area contributed by atoms with Crippen LogP contribution in [0.4, 0.5) is 10.5 Å². The third-order valence-corrected chi connectivity index (χ3v) is 6.54. The van der Waals surface area contributed by atoms with Gasteiger partial charge in [0.2, 0.25) is 5.91 Å². The van der Waals surface area contributed by atoms with E-state index < -0.39 is 23.0 Å². The van der Waals surface area contributed by atoms with Gasteiger partial charge in [-0.25, -0.2) is 9.69 Å². The number of hydrogen-bond acceptors (Lipinski definition) is 7. The first-order valence-corrected chi connectivity index (χ1v) is 11.8. The minimum absolute atomic E-state index is 0.173. The van der Waals surface area contributed by atoms with Crippen molar-refractivity contribution < 1.29 is 33.3 Å². The van der Waals surface area contributed by atoms with Crippen LogP contribution >= 0.6 is 0 Å². The zero-order valence-corrected chi connectivity index (χ0v) is 21.5. The van der Waals surface area contributed by atoms with E-state index in [1.165, 1.54) is 7.11 Å². The van der Waals surface area contributed by atoms with E-state index in [-0.39, 0.29) is 25.4 Å². The number of piperidine rings is 1. The smallest absolute Gasteiger partial charge is 0.417 e.